The molecule has 2 aromatic carbocycles. The second-order valence-electron chi connectivity index (χ2n) is 7.48. The second kappa shape index (κ2) is 10.2. The van der Waals surface area contributed by atoms with Gasteiger partial charge in [0.25, 0.3) is 5.56 Å². The fourth-order valence-electron chi connectivity index (χ4n) is 3.71. The van der Waals surface area contributed by atoms with Gasteiger partial charge in [-0.1, -0.05) is 48.9 Å². The summed E-state index contributed by atoms with van der Waals surface area (Å²) in [5.41, 5.74) is 0.852. The van der Waals surface area contributed by atoms with E-state index in [1.165, 1.54) is 11.3 Å². The summed E-state index contributed by atoms with van der Waals surface area (Å²) in [4.78, 5) is 39.3. The summed E-state index contributed by atoms with van der Waals surface area (Å²) in [6.45, 7) is 3.78. The van der Waals surface area contributed by atoms with Gasteiger partial charge in [-0.05, 0) is 43.2 Å². The van der Waals surface area contributed by atoms with Gasteiger partial charge < -0.3 is 10.1 Å². The van der Waals surface area contributed by atoms with Crippen LogP contribution in [-0.2, 0) is 9.53 Å². The fourth-order valence-corrected chi connectivity index (χ4v) is 4.77. The van der Waals surface area contributed by atoms with Crippen molar-refractivity contribution in [3.05, 3.63) is 86.6 Å². The standard InChI is InChI=1S/C25H22ClN3O4S/c1-3-18(15-8-6-5-7-9-15)22(30)27-23-20-19(14-34-23)21(25(32)33-4-2)28-29(24(20)31)17-12-10-16(26)11-13-17/h5-14,18H,3-4H2,1-2H3,(H,27,30). The van der Waals surface area contributed by atoms with Crippen LogP contribution in [0.25, 0.3) is 16.5 Å². The Bertz CT molecular complexity index is 1400. The number of ether oxygens (including phenoxy) is 1. The predicted molar refractivity (Wildman–Crippen MR) is 134 cm³/mol. The van der Waals surface area contributed by atoms with Crippen molar-refractivity contribution in [3.63, 3.8) is 0 Å². The van der Waals surface area contributed by atoms with E-state index in [0.717, 1.165) is 10.2 Å². The van der Waals surface area contributed by atoms with Crippen molar-refractivity contribution in [1.29, 1.82) is 0 Å². The first-order valence-corrected chi connectivity index (χ1v) is 12.0. The van der Waals surface area contributed by atoms with Gasteiger partial charge in [0.05, 0.1) is 23.6 Å². The van der Waals surface area contributed by atoms with E-state index in [-0.39, 0.29) is 29.5 Å². The van der Waals surface area contributed by atoms with Crippen LogP contribution in [0, 0.1) is 0 Å². The molecular formula is C25H22ClN3O4S. The van der Waals surface area contributed by atoms with E-state index < -0.39 is 11.5 Å². The van der Waals surface area contributed by atoms with Gasteiger partial charge in [-0.2, -0.15) is 9.78 Å². The molecule has 4 aromatic rings. The molecule has 0 bridgehead atoms. The van der Waals surface area contributed by atoms with Crippen LogP contribution in [-0.4, -0.2) is 28.3 Å². The molecule has 0 aliphatic carbocycles. The third-order valence-corrected chi connectivity index (χ3v) is 6.50. The molecule has 7 nitrogen and oxygen atoms in total. The number of hydrogen-bond acceptors (Lipinski definition) is 6. The number of hydrogen-bond donors (Lipinski definition) is 1. The number of carbonyl (C=O) groups excluding carboxylic acids is 2. The van der Waals surface area contributed by atoms with Crippen molar-refractivity contribution in [3.8, 4) is 5.69 Å². The van der Waals surface area contributed by atoms with Gasteiger partial charge in [-0.15, -0.1) is 11.3 Å². The van der Waals surface area contributed by atoms with Crippen molar-refractivity contribution < 1.29 is 14.3 Å². The van der Waals surface area contributed by atoms with E-state index in [4.69, 9.17) is 16.3 Å². The summed E-state index contributed by atoms with van der Waals surface area (Å²) in [6, 6.07) is 16.0. The normalized spacial score (nSPS) is 11.9. The number of rotatable bonds is 7. The van der Waals surface area contributed by atoms with E-state index in [2.05, 4.69) is 10.4 Å². The first-order chi connectivity index (χ1) is 16.4. The van der Waals surface area contributed by atoms with E-state index in [0.29, 0.717) is 27.5 Å². The van der Waals surface area contributed by atoms with E-state index in [1.54, 1.807) is 36.6 Å². The van der Waals surface area contributed by atoms with Gasteiger partial charge in [0.2, 0.25) is 5.91 Å². The minimum Gasteiger partial charge on any atom is -0.461 e. The zero-order valence-corrected chi connectivity index (χ0v) is 20.2. The molecule has 0 saturated carbocycles. The lowest BCUT2D eigenvalue weighted by molar-refractivity contribution is -0.117. The van der Waals surface area contributed by atoms with Crippen LogP contribution in [0.2, 0.25) is 5.02 Å². The lowest BCUT2D eigenvalue weighted by Gasteiger charge is -2.15. The van der Waals surface area contributed by atoms with E-state index in [9.17, 15) is 14.4 Å². The largest absolute Gasteiger partial charge is 0.461 e. The van der Waals surface area contributed by atoms with Crippen LogP contribution in [0.15, 0.2) is 64.8 Å². The Labute approximate surface area is 204 Å². The Hall–Kier alpha value is -3.49. The number of aromatic nitrogens is 2. The van der Waals surface area contributed by atoms with Crippen molar-refractivity contribution in [1.82, 2.24) is 9.78 Å². The van der Waals surface area contributed by atoms with E-state index >= 15 is 0 Å². The topological polar surface area (TPSA) is 90.3 Å². The molecule has 4 rings (SSSR count). The summed E-state index contributed by atoms with van der Waals surface area (Å²) < 4.78 is 6.30. The molecule has 2 aromatic heterocycles. The minimum absolute atomic E-state index is 0.00162. The first-order valence-electron chi connectivity index (χ1n) is 10.8. The summed E-state index contributed by atoms with van der Waals surface area (Å²) in [5, 5.41) is 10.2. The Morgan fingerprint density at radius 1 is 1.12 bits per heavy atom. The third-order valence-electron chi connectivity index (χ3n) is 5.36. The number of nitrogens with one attached hydrogen (secondary N) is 1. The number of nitrogens with zero attached hydrogens (tertiary/aromatic N) is 2. The van der Waals surface area contributed by atoms with Crippen LogP contribution in [0.5, 0.6) is 0 Å². The number of amides is 1. The van der Waals surface area contributed by atoms with Crippen LogP contribution >= 0.6 is 22.9 Å². The highest BCUT2D eigenvalue weighted by atomic mass is 35.5. The molecule has 34 heavy (non-hydrogen) atoms. The highest BCUT2D eigenvalue weighted by Gasteiger charge is 2.25. The molecule has 1 amide bonds. The number of anilines is 1. The molecule has 9 heteroatoms. The molecular weight excluding hydrogens is 474 g/mol. The Kier molecular flexibility index (Phi) is 7.09. The Morgan fingerprint density at radius 2 is 1.82 bits per heavy atom. The number of fused-ring (bicyclic) bond motifs is 1. The van der Waals surface area contributed by atoms with Crippen molar-refractivity contribution in [2.24, 2.45) is 0 Å². The molecule has 1 atom stereocenters. The number of carbonyl (C=O) groups is 2. The molecule has 0 radical (unpaired) electrons. The number of thiophene rings is 1. The number of halogens is 1. The molecule has 0 fully saturated rings. The molecule has 0 spiro atoms. The average Bonchev–Trinajstić information content (AvgIpc) is 3.25. The maximum Gasteiger partial charge on any atom is 0.359 e. The molecule has 1 N–H and O–H groups in total. The average molecular weight is 496 g/mol. The molecule has 0 aliphatic heterocycles. The van der Waals surface area contributed by atoms with E-state index in [1.807, 2.05) is 37.3 Å². The van der Waals surface area contributed by atoms with Crippen molar-refractivity contribution in [2.45, 2.75) is 26.2 Å². The van der Waals surface area contributed by atoms with Gasteiger partial charge in [0, 0.05) is 15.8 Å². The summed E-state index contributed by atoms with van der Waals surface area (Å²) >= 11 is 7.16. The van der Waals surface area contributed by atoms with Gasteiger partial charge in [-0.25, -0.2) is 4.79 Å². The third kappa shape index (κ3) is 4.60. The van der Waals surface area contributed by atoms with Gasteiger partial charge >= 0.3 is 5.97 Å². The Morgan fingerprint density at radius 3 is 2.47 bits per heavy atom. The van der Waals surface area contributed by atoms with Gasteiger partial charge in [0.15, 0.2) is 5.69 Å². The van der Waals surface area contributed by atoms with Crippen LogP contribution < -0.4 is 10.9 Å². The maximum atomic E-state index is 13.5. The molecule has 1 unspecified atom stereocenters. The predicted octanol–water partition coefficient (Wildman–Crippen LogP) is 5.41. The summed E-state index contributed by atoms with van der Waals surface area (Å²) in [5.74, 6) is -1.27. The molecule has 174 valence electrons. The monoisotopic (exact) mass is 495 g/mol. The fraction of sp³-hybridized carbons (Fsp3) is 0.200. The molecule has 0 aliphatic rings. The highest BCUT2D eigenvalue weighted by molar-refractivity contribution is 7.16. The zero-order valence-electron chi connectivity index (χ0n) is 18.6. The Balaban J connectivity index is 1.84. The van der Waals surface area contributed by atoms with Crippen LogP contribution in [0.1, 0.15) is 42.2 Å². The van der Waals surface area contributed by atoms with Crippen molar-refractivity contribution in [2.75, 3.05) is 11.9 Å². The number of esters is 1. The molecule has 2 heterocycles. The smallest absolute Gasteiger partial charge is 0.359 e. The summed E-state index contributed by atoms with van der Waals surface area (Å²) in [7, 11) is 0. The summed E-state index contributed by atoms with van der Waals surface area (Å²) in [6.07, 6.45) is 0.587. The zero-order chi connectivity index (χ0) is 24.2. The van der Waals surface area contributed by atoms with Crippen molar-refractivity contribution >= 4 is 50.6 Å². The first kappa shape index (κ1) is 23.7. The van der Waals surface area contributed by atoms with Crippen LogP contribution in [0.3, 0.4) is 0 Å². The maximum absolute atomic E-state index is 13.5. The SMILES string of the molecule is CCOC(=O)c1nn(-c2ccc(Cl)cc2)c(=O)c2c(NC(=O)C(CC)c3ccccc3)scc12. The quantitative estimate of drug-likeness (QED) is 0.346. The number of benzene rings is 2. The van der Waals surface area contributed by atoms with Gasteiger partial charge in [0.1, 0.15) is 5.00 Å². The van der Waals surface area contributed by atoms with Gasteiger partial charge in [-0.3, -0.25) is 9.59 Å². The lowest BCUT2D eigenvalue weighted by Crippen LogP contribution is -2.26. The van der Waals surface area contributed by atoms with Crippen LogP contribution in [0.4, 0.5) is 5.00 Å². The lowest BCUT2D eigenvalue weighted by atomic mass is 9.96. The minimum atomic E-state index is -0.651. The molecule has 0 saturated heterocycles. The second-order valence-corrected chi connectivity index (χ2v) is 8.79. The highest BCUT2D eigenvalue weighted by Crippen LogP contribution is 2.32.